The summed E-state index contributed by atoms with van der Waals surface area (Å²) in [5.74, 6) is -0.454. The van der Waals surface area contributed by atoms with Crippen molar-refractivity contribution in [1.29, 1.82) is 0 Å². The maximum atomic E-state index is 11.9. The first-order chi connectivity index (χ1) is 10.7. The fourth-order valence-electron chi connectivity index (χ4n) is 1.74. The summed E-state index contributed by atoms with van der Waals surface area (Å²) in [6.45, 7) is 8.71. The third kappa shape index (κ3) is 7.45. The van der Waals surface area contributed by atoms with Gasteiger partial charge in [0, 0.05) is 6.20 Å². The van der Waals surface area contributed by atoms with Crippen LogP contribution in [0.4, 0.5) is 0 Å². The summed E-state index contributed by atoms with van der Waals surface area (Å²) in [6.07, 6.45) is 3.53. The molecule has 1 rings (SSSR count). The molecular weight excluding hydrogens is 451 g/mol. The van der Waals surface area contributed by atoms with Crippen molar-refractivity contribution < 1.29 is 26.9 Å². The molecule has 1 aromatic heterocycles. The minimum Gasteiger partial charge on any atom is -0.459 e. The van der Waals surface area contributed by atoms with Crippen molar-refractivity contribution in [3.63, 3.8) is 0 Å². The third-order valence-corrected chi connectivity index (χ3v) is 4.27. The third-order valence-electron chi connectivity index (χ3n) is 2.34. The Morgan fingerprint density at radius 2 is 1.96 bits per heavy atom. The maximum Gasteiger partial charge on any atom is 0.328 e. The first-order valence-electron chi connectivity index (χ1n) is 7.22. The molecule has 1 unspecified atom stereocenters. The fraction of sp³-hybridized carbons (Fsp3) is 0.714. The van der Waals surface area contributed by atoms with Crippen LogP contribution in [0.15, 0.2) is 12.4 Å². The van der Waals surface area contributed by atoms with Crippen molar-refractivity contribution in [3.8, 4) is 0 Å². The average molecular weight is 474 g/mol. The Morgan fingerprint density at radius 1 is 1.38 bits per heavy atom. The maximum absolute atomic E-state index is 11.9. The van der Waals surface area contributed by atoms with E-state index in [-0.39, 0.29) is 12.6 Å². The molecule has 0 bridgehead atoms. The highest BCUT2D eigenvalue weighted by Crippen LogP contribution is 2.37. The molecule has 0 amide bonds. The number of hydrogen-bond acceptors (Lipinski definition) is 7. The molecule has 8 nitrogen and oxygen atoms in total. The number of halogens is 1. The van der Waals surface area contributed by atoms with Crippen LogP contribution in [0.2, 0.25) is 0 Å². The Morgan fingerprint density at radius 3 is 2.42 bits per heavy atom. The lowest BCUT2D eigenvalue weighted by Gasteiger charge is -2.27. The predicted molar refractivity (Wildman–Crippen MR) is 95.9 cm³/mol. The Bertz CT molecular complexity index is 680. The number of carbonyl (C=O) groups excluding carboxylic acids is 1. The predicted octanol–water partition coefficient (Wildman–Crippen LogP) is 2.17. The first-order valence-corrected chi connectivity index (χ1v) is 10.1. The number of ether oxygens (including phenoxy) is 2. The summed E-state index contributed by atoms with van der Waals surface area (Å²) in [4.78, 5) is 11.9. The van der Waals surface area contributed by atoms with Crippen molar-refractivity contribution in [2.45, 2.75) is 56.7 Å². The monoisotopic (exact) mass is 474 g/mol. The van der Waals surface area contributed by atoms with Gasteiger partial charge >= 0.3 is 5.97 Å². The smallest absolute Gasteiger partial charge is 0.328 e. The molecule has 0 saturated carbocycles. The molecule has 0 aliphatic heterocycles. The highest BCUT2D eigenvalue weighted by Gasteiger charge is 2.38. The molecule has 10 heteroatoms. The van der Waals surface area contributed by atoms with Crippen LogP contribution in [-0.2, 0) is 38.9 Å². The van der Waals surface area contributed by atoms with Crippen molar-refractivity contribution in [2.24, 2.45) is 0 Å². The summed E-state index contributed by atoms with van der Waals surface area (Å²) in [7, 11) is -3.77. The van der Waals surface area contributed by atoms with Crippen LogP contribution in [-0.4, -0.2) is 42.1 Å². The van der Waals surface area contributed by atoms with Gasteiger partial charge in [-0.15, -0.1) is 0 Å². The highest BCUT2D eigenvalue weighted by atomic mass is 127. The van der Waals surface area contributed by atoms with Crippen LogP contribution >= 0.6 is 22.6 Å². The standard InChI is InChI=1S/C14H23IN2O6S/c1-10(2)21-14(15,23-24(6,19)20)11-7-16-17(8-11)9-12(18)22-13(3,4)5/h7-8,10H,9H2,1-6H3. The molecule has 0 fully saturated rings. The fourth-order valence-corrected chi connectivity index (χ4v) is 4.04. The molecule has 0 aliphatic carbocycles. The van der Waals surface area contributed by atoms with Crippen molar-refractivity contribution in [3.05, 3.63) is 18.0 Å². The van der Waals surface area contributed by atoms with Crippen LogP contribution in [0.1, 0.15) is 40.2 Å². The molecule has 0 radical (unpaired) electrons. The van der Waals surface area contributed by atoms with Crippen LogP contribution in [0.5, 0.6) is 0 Å². The van der Waals surface area contributed by atoms with Gasteiger partial charge in [0.15, 0.2) is 0 Å². The summed E-state index contributed by atoms with van der Waals surface area (Å²) < 4.78 is 38.8. The summed E-state index contributed by atoms with van der Waals surface area (Å²) in [5, 5.41) is 4.05. The molecule has 1 heterocycles. The van der Waals surface area contributed by atoms with E-state index >= 15 is 0 Å². The normalized spacial score (nSPS) is 15.3. The van der Waals surface area contributed by atoms with Gasteiger partial charge in [-0.3, -0.25) is 9.48 Å². The second-order valence-corrected chi connectivity index (χ2v) is 9.50. The molecule has 138 valence electrons. The quantitative estimate of drug-likeness (QED) is 0.197. The Kier molecular flexibility index (Phi) is 6.81. The van der Waals surface area contributed by atoms with Crippen molar-refractivity contribution in [1.82, 2.24) is 9.78 Å². The van der Waals surface area contributed by atoms with Crippen molar-refractivity contribution >= 4 is 38.7 Å². The van der Waals surface area contributed by atoms with E-state index in [0.29, 0.717) is 5.56 Å². The Balaban J connectivity index is 2.99. The average Bonchev–Trinajstić information content (AvgIpc) is 2.70. The highest BCUT2D eigenvalue weighted by molar-refractivity contribution is 14.1. The second kappa shape index (κ2) is 7.67. The zero-order chi connectivity index (χ0) is 18.8. The van der Waals surface area contributed by atoms with Gasteiger partial charge in [-0.05, 0) is 57.2 Å². The molecule has 0 saturated heterocycles. The second-order valence-electron chi connectivity index (χ2n) is 6.50. The van der Waals surface area contributed by atoms with Gasteiger partial charge in [0.1, 0.15) is 12.1 Å². The van der Waals surface area contributed by atoms with E-state index in [1.165, 1.54) is 17.1 Å². The number of rotatable bonds is 7. The van der Waals surface area contributed by atoms with E-state index in [0.717, 1.165) is 6.26 Å². The Labute approximate surface area is 156 Å². The van der Waals surface area contributed by atoms with E-state index in [1.807, 2.05) is 0 Å². The number of aromatic nitrogens is 2. The molecule has 0 aromatic carbocycles. The van der Waals surface area contributed by atoms with Gasteiger partial charge < -0.3 is 9.47 Å². The van der Waals surface area contributed by atoms with Gasteiger partial charge in [0.25, 0.3) is 13.9 Å². The molecule has 0 N–H and O–H groups in total. The zero-order valence-corrected chi connectivity index (χ0v) is 17.5. The van der Waals surface area contributed by atoms with Gasteiger partial charge in [-0.2, -0.15) is 13.5 Å². The molecule has 0 aliphatic rings. The van der Waals surface area contributed by atoms with Gasteiger partial charge in [-0.25, -0.2) is 4.18 Å². The van der Waals surface area contributed by atoms with E-state index in [4.69, 9.17) is 13.7 Å². The van der Waals surface area contributed by atoms with E-state index in [9.17, 15) is 13.2 Å². The van der Waals surface area contributed by atoms with E-state index < -0.39 is 25.5 Å². The summed E-state index contributed by atoms with van der Waals surface area (Å²) in [6, 6.07) is 0. The van der Waals surface area contributed by atoms with Crippen LogP contribution in [0.25, 0.3) is 0 Å². The zero-order valence-electron chi connectivity index (χ0n) is 14.6. The van der Waals surface area contributed by atoms with Gasteiger partial charge in [-0.1, -0.05) is 0 Å². The Hall–Kier alpha value is -0.720. The largest absolute Gasteiger partial charge is 0.459 e. The minimum absolute atomic E-state index is 0.107. The molecule has 0 spiro atoms. The van der Waals surface area contributed by atoms with Gasteiger partial charge in [0.05, 0.1) is 24.1 Å². The number of alkyl halides is 1. The number of esters is 1. The van der Waals surface area contributed by atoms with Crippen LogP contribution < -0.4 is 0 Å². The first kappa shape index (κ1) is 21.3. The molecular formula is C14H23IN2O6S. The lowest BCUT2D eigenvalue weighted by molar-refractivity contribution is -0.155. The SMILES string of the molecule is CC(C)OC(I)(OS(C)(=O)=O)c1cnn(CC(=O)OC(C)(C)C)c1. The van der Waals surface area contributed by atoms with E-state index in [2.05, 4.69) is 5.10 Å². The summed E-state index contributed by atoms with van der Waals surface area (Å²) in [5.41, 5.74) is -0.231. The summed E-state index contributed by atoms with van der Waals surface area (Å²) >= 11 is 1.76. The molecule has 24 heavy (non-hydrogen) atoms. The lowest BCUT2D eigenvalue weighted by Crippen LogP contribution is -2.31. The number of hydrogen-bond donors (Lipinski definition) is 0. The molecule has 1 atom stereocenters. The van der Waals surface area contributed by atoms with E-state index in [1.54, 1.807) is 57.2 Å². The lowest BCUT2D eigenvalue weighted by atomic mass is 10.2. The number of carbonyl (C=O) groups is 1. The number of nitrogens with zero attached hydrogens (tertiary/aromatic N) is 2. The van der Waals surface area contributed by atoms with Crippen LogP contribution in [0, 0.1) is 0 Å². The molecule has 1 aromatic rings. The van der Waals surface area contributed by atoms with Crippen molar-refractivity contribution in [2.75, 3.05) is 6.26 Å². The minimum atomic E-state index is -3.77. The van der Waals surface area contributed by atoms with Gasteiger partial charge in [0.2, 0.25) is 0 Å². The topological polar surface area (TPSA) is 96.7 Å². The van der Waals surface area contributed by atoms with Crippen LogP contribution in [0.3, 0.4) is 0 Å².